The summed E-state index contributed by atoms with van der Waals surface area (Å²) in [4.78, 5) is 43.5. The number of anilines is 2. The molecule has 208 valence electrons. The third kappa shape index (κ3) is 7.57. The van der Waals surface area contributed by atoms with Crippen molar-refractivity contribution in [3.05, 3.63) is 69.6 Å². The molecule has 0 aliphatic heterocycles. The Morgan fingerprint density at radius 1 is 1.13 bits per heavy atom. The van der Waals surface area contributed by atoms with E-state index in [0.29, 0.717) is 33.6 Å². The number of hydrogen-bond acceptors (Lipinski definition) is 8. The maximum absolute atomic E-state index is 13.4. The average Bonchev–Trinajstić information content (AvgIpc) is 2.89. The number of nitrogen functional groups attached to an aromatic ring is 1. The minimum absolute atomic E-state index is 0.0271. The van der Waals surface area contributed by atoms with E-state index in [-0.39, 0.29) is 49.2 Å². The number of nitrogens with zero attached hydrogens (tertiary/aromatic N) is 2. The van der Waals surface area contributed by atoms with Crippen molar-refractivity contribution in [1.29, 1.82) is 0 Å². The molecule has 2 amide bonds. The molecule has 0 saturated carbocycles. The fourth-order valence-electron chi connectivity index (χ4n) is 3.88. The van der Waals surface area contributed by atoms with Gasteiger partial charge in [-0.1, -0.05) is 19.1 Å². The summed E-state index contributed by atoms with van der Waals surface area (Å²) in [6.07, 6.45) is 2.24. The molecule has 0 aliphatic carbocycles. The van der Waals surface area contributed by atoms with Crippen molar-refractivity contribution in [3.8, 4) is 17.0 Å². The van der Waals surface area contributed by atoms with Crippen LogP contribution in [-0.2, 0) is 24.4 Å². The predicted molar refractivity (Wildman–Crippen MR) is 152 cm³/mol. The molecule has 0 radical (unpaired) electrons. The molecular weight excluding hydrogens is 498 g/mol. The van der Waals surface area contributed by atoms with Crippen LogP contribution in [0.5, 0.6) is 5.75 Å². The number of nitrogens with two attached hydrogens (primary N) is 2. The fourth-order valence-corrected chi connectivity index (χ4v) is 3.88. The summed E-state index contributed by atoms with van der Waals surface area (Å²) in [5.41, 5.74) is 14.0. The summed E-state index contributed by atoms with van der Waals surface area (Å²) in [5.74, 6) is -0.570. The smallest absolute Gasteiger partial charge is 0.294 e. The number of carbonyl (C=O) groups is 2. The Morgan fingerprint density at radius 2 is 1.87 bits per heavy atom. The largest absolute Gasteiger partial charge is 0.508 e. The average molecular weight is 536 g/mol. The molecule has 11 nitrogen and oxygen atoms in total. The van der Waals surface area contributed by atoms with Crippen LogP contribution >= 0.6 is 0 Å². The van der Waals surface area contributed by atoms with Crippen LogP contribution in [0.25, 0.3) is 11.3 Å². The number of phenolic OH excluding ortho intramolecular Hbond substituents is 1. The van der Waals surface area contributed by atoms with Gasteiger partial charge in [-0.15, -0.1) is 0 Å². The minimum atomic E-state index is -0.491. The zero-order valence-electron chi connectivity index (χ0n) is 22.7. The molecule has 1 aromatic heterocycles. The Morgan fingerprint density at radius 3 is 2.51 bits per heavy atom. The summed E-state index contributed by atoms with van der Waals surface area (Å²) in [5, 5.41) is 18.7. The Bertz CT molecular complexity index is 1400. The maximum atomic E-state index is 13.4. The van der Waals surface area contributed by atoms with E-state index >= 15 is 0 Å². The second kappa shape index (κ2) is 12.9. The first kappa shape index (κ1) is 29.2. The molecule has 3 rings (SSSR count). The number of benzene rings is 2. The van der Waals surface area contributed by atoms with E-state index < -0.39 is 11.5 Å². The third-order valence-electron chi connectivity index (χ3n) is 6.14. The SMILES string of the molecule is CCC(C)NC(=O)c1cc(N)cc(-c2cnc(NC(C)C)c(=O)n2CC(=O)NCc2ccc(CN)c(O)c2)c1. The number of aromatic hydroxyl groups is 1. The van der Waals surface area contributed by atoms with Crippen LogP contribution in [0.1, 0.15) is 55.6 Å². The highest BCUT2D eigenvalue weighted by Crippen LogP contribution is 2.24. The quantitative estimate of drug-likeness (QED) is 0.203. The van der Waals surface area contributed by atoms with Gasteiger partial charge < -0.3 is 32.5 Å². The van der Waals surface area contributed by atoms with Gasteiger partial charge in [-0.3, -0.25) is 19.0 Å². The molecule has 0 aliphatic rings. The van der Waals surface area contributed by atoms with Crippen molar-refractivity contribution in [2.75, 3.05) is 11.1 Å². The van der Waals surface area contributed by atoms with Crippen LogP contribution in [0.2, 0.25) is 0 Å². The molecule has 3 aromatic rings. The molecule has 2 aromatic carbocycles. The van der Waals surface area contributed by atoms with Crippen molar-refractivity contribution >= 4 is 23.3 Å². The monoisotopic (exact) mass is 535 g/mol. The second-order valence-electron chi connectivity index (χ2n) is 9.75. The molecule has 1 unspecified atom stereocenters. The van der Waals surface area contributed by atoms with Gasteiger partial charge in [-0.25, -0.2) is 4.98 Å². The lowest BCUT2D eigenvalue weighted by molar-refractivity contribution is -0.121. The molecular formula is C28H37N7O4. The number of aromatic nitrogens is 2. The van der Waals surface area contributed by atoms with Gasteiger partial charge in [0.1, 0.15) is 12.3 Å². The molecule has 1 heterocycles. The van der Waals surface area contributed by atoms with Gasteiger partial charge in [-0.2, -0.15) is 0 Å². The van der Waals surface area contributed by atoms with Gasteiger partial charge in [0, 0.05) is 47.6 Å². The summed E-state index contributed by atoms with van der Waals surface area (Å²) in [6.45, 7) is 7.65. The number of phenols is 1. The van der Waals surface area contributed by atoms with Crippen LogP contribution in [0.4, 0.5) is 11.5 Å². The Labute approximate surface area is 227 Å². The van der Waals surface area contributed by atoms with Gasteiger partial charge in [0.25, 0.3) is 11.5 Å². The predicted octanol–water partition coefficient (Wildman–Crippen LogP) is 2.32. The van der Waals surface area contributed by atoms with Crippen molar-refractivity contribution in [2.45, 2.75) is 65.8 Å². The number of amides is 2. The molecule has 0 fully saturated rings. The minimum Gasteiger partial charge on any atom is -0.508 e. The van der Waals surface area contributed by atoms with E-state index in [9.17, 15) is 19.5 Å². The Kier molecular flexibility index (Phi) is 9.67. The van der Waals surface area contributed by atoms with E-state index in [2.05, 4.69) is 20.9 Å². The van der Waals surface area contributed by atoms with Gasteiger partial charge in [0.05, 0.1) is 11.9 Å². The van der Waals surface area contributed by atoms with E-state index in [4.69, 9.17) is 11.5 Å². The zero-order valence-corrected chi connectivity index (χ0v) is 22.7. The first-order valence-electron chi connectivity index (χ1n) is 12.9. The fraction of sp³-hybridized carbons (Fsp3) is 0.357. The first-order chi connectivity index (χ1) is 18.5. The summed E-state index contributed by atoms with van der Waals surface area (Å²) in [6, 6.07) is 9.71. The van der Waals surface area contributed by atoms with E-state index in [1.807, 2.05) is 27.7 Å². The highest BCUT2D eigenvalue weighted by Gasteiger charge is 2.18. The third-order valence-corrected chi connectivity index (χ3v) is 6.14. The van der Waals surface area contributed by atoms with Gasteiger partial charge in [-0.05, 0) is 57.0 Å². The number of nitrogens with one attached hydrogen (secondary N) is 3. The number of hydrogen-bond donors (Lipinski definition) is 6. The van der Waals surface area contributed by atoms with Crippen LogP contribution in [0.15, 0.2) is 47.4 Å². The molecule has 0 bridgehead atoms. The number of carbonyl (C=O) groups excluding carboxylic acids is 2. The van der Waals surface area contributed by atoms with Crippen molar-refractivity contribution in [2.24, 2.45) is 5.73 Å². The summed E-state index contributed by atoms with van der Waals surface area (Å²) < 4.78 is 1.30. The lowest BCUT2D eigenvalue weighted by atomic mass is 10.1. The Balaban J connectivity index is 1.95. The van der Waals surface area contributed by atoms with Crippen LogP contribution < -0.4 is 33.0 Å². The van der Waals surface area contributed by atoms with Crippen molar-refractivity contribution in [1.82, 2.24) is 20.2 Å². The van der Waals surface area contributed by atoms with Crippen molar-refractivity contribution < 1.29 is 14.7 Å². The van der Waals surface area contributed by atoms with Crippen LogP contribution in [0, 0.1) is 0 Å². The van der Waals surface area contributed by atoms with Gasteiger partial charge >= 0.3 is 0 Å². The van der Waals surface area contributed by atoms with E-state index in [1.165, 1.54) is 16.8 Å². The molecule has 0 spiro atoms. The second-order valence-corrected chi connectivity index (χ2v) is 9.75. The highest BCUT2D eigenvalue weighted by molar-refractivity contribution is 5.96. The standard InChI is InChI=1S/C28H37N7O4/c1-5-17(4)34-27(38)21-9-20(10-22(30)11-21)23-14-32-26(33-16(2)3)28(39)35(23)15-25(37)31-13-18-6-7-19(12-29)24(36)8-18/h6-11,14,16-17,36H,5,12-13,15,29-30H2,1-4H3,(H,31,37)(H,32,33)(H,34,38). The van der Waals surface area contributed by atoms with Gasteiger partial charge in [0.15, 0.2) is 5.82 Å². The molecule has 11 heteroatoms. The molecule has 39 heavy (non-hydrogen) atoms. The highest BCUT2D eigenvalue weighted by atomic mass is 16.3. The lowest BCUT2D eigenvalue weighted by Gasteiger charge is -2.17. The van der Waals surface area contributed by atoms with E-state index in [1.54, 1.807) is 30.3 Å². The number of rotatable bonds is 11. The van der Waals surface area contributed by atoms with Crippen molar-refractivity contribution in [3.63, 3.8) is 0 Å². The lowest BCUT2D eigenvalue weighted by Crippen LogP contribution is -2.35. The maximum Gasteiger partial charge on any atom is 0.294 e. The summed E-state index contributed by atoms with van der Waals surface area (Å²) >= 11 is 0. The van der Waals surface area contributed by atoms with Gasteiger partial charge in [0.2, 0.25) is 5.91 Å². The topological polar surface area (TPSA) is 177 Å². The van der Waals surface area contributed by atoms with Crippen LogP contribution in [0.3, 0.4) is 0 Å². The van der Waals surface area contributed by atoms with Crippen LogP contribution in [-0.4, -0.2) is 38.6 Å². The normalized spacial score (nSPS) is 11.7. The Hall–Kier alpha value is -4.38. The zero-order chi connectivity index (χ0) is 28.7. The van der Waals surface area contributed by atoms with E-state index in [0.717, 1.165) is 6.42 Å². The first-order valence-corrected chi connectivity index (χ1v) is 12.9. The molecule has 8 N–H and O–H groups in total. The summed E-state index contributed by atoms with van der Waals surface area (Å²) in [7, 11) is 0. The molecule has 1 atom stereocenters. The molecule has 0 saturated heterocycles.